The zero-order chi connectivity index (χ0) is 21.9. The summed E-state index contributed by atoms with van der Waals surface area (Å²) in [5.74, 6) is -0.103. The molecule has 0 saturated heterocycles. The zero-order valence-corrected chi connectivity index (χ0v) is 17.7. The Balaban J connectivity index is 2.11. The van der Waals surface area contributed by atoms with Gasteiger partial charge in [0, 0.05) is 30.4 Å². The third-order valence-corrected chi connectivity index (χ3v) is 7.61. The molecule has 0 aliphatic carbocycles. The van der Waals surface area contributed by atoms with E-state index in [9.17, 15) is 26.4 Å². The van der Waals surface area contributed by atoms with E-state index in [0.29, 0.717) is 24.6 Å². The van der Waals surface area contributed by atoms with Gasteiger partial charge in [-0.1, -0.05) is 18.2 Å². The number of pyridine rings is 1. The van der Waals surface area contributed by atoms with Crippen LogP contribution in [0.25, 0.3) is 0 Å². The number of carbonyl (C=O) groups is 1. The van der Waals surface area contributed by atoms with Crippen molar-refractivity contribution < 1.29 is 26.4 Å². The number of nitrogens with zero attached hydrogens (tertiary/aromatic N) is 2. The van der Waals surface area contributed by atoms with Crippen molar-refractivity contribution in [1.29, 1.82) is 0 Å². The van der Waals surface area contributed by atoms with Crippen molar-refractivity contribution in [2.45, 2.75) is 34.7 Å². The van der Waals surface area contributed by atoms with Crippen LogP contribution in [0.5, 0.6) is 0 Å². The third-order valence-electron chi connectivity index (χ3n) is 4.31. The van der Waals surface area contributed by atoms with Gasteiger partial charge in [0.05, 0.1) is 5.56 Å². The Bertz CT molecular complexity index is 945. The van der Waals surface area contributed by atoms with Gasteiger partial charge < -0.3 is 4.90 Å². The first-order valence-electron chi connectivity index (χ1n) is 8.58. The van der Waals surface area contributed by atoms with Crippen LogP contribution in [0.3, 0.4) is 0 Å². The van der Waals surface area contributed by atoms with E-state index in [0.717, 1.165) is 11.0 Å². The number of halogens is 3. The van der Waals surface area contributed by atoms with Gasteiger partial charge in [0.2, 0.25) is 15.7 Å². The summed E-state index contributed by atoms with van der Waals surface area (Å²) in [6.45, 7) is 2.76. The minimum absolute atomic E-state index is 0.303. The highest BCUT2D eigenvalue weighted by molar-refractivity contribution is 7.99. The van der Waals surface area contributed by atoms with E-state index in [1.807, 2.05) is 30.3 Å². The predicted molar refractivity (Wildman–Crippen MR) is 105 cm³/mol. The first-order chi connectivity index (χ1) is 13.4. The topological polar surface area (TPSA) is 67.3 Å². The van der Waals surface area contributed by atoms with Crippen molar-refractivity contribution >= 4 is 27.5 Å². The minimum atomic E-state index is -4.63. The number of hydrogen-bond acceptors (Lipinski definition) is 5. The van der Waals surface area contributed by atoms with Crippen LogP contribution in [0.15, 0.2) is 58.6 Å². The van der Waals surface area contributed by atoms with Gasteiger partial charge in [0.25, 0.3) is 0 Å². The van der Waals surface area contributed by atoms with E-state index in [4.69, 9.17) is 0 Å². The van der Waals surface area contributed by atoms with E-state index >= 15 is 0 Å². The fourth-order valence-corrected chi connectivity index (χ4v) is 4.76. The molecule has 1 aromatic carbocycles. The normalized spacial score (nSPS) is 12.6. The monoisotopic (exact) mass is 446 g/mol. The lowest BCUT2D eigenvalue weighted by atomic mass is 10.2. The average molecular weight is 447 g/mol. The van der Waals surface area contributed by atoms with Crippen LogP contribution < -0.4 is 0 Å². The standard InChI is InChI=1S/C19H21F3N2O3S2/c1-18(2,17(25)24(3)11-12-28-15-7-5-4-6-8-15)29(26,27)16-10-9-14(13-23-16)19(20,21)22/h4-10,13H,11-12H2,1-3H3. The Labute approximate surface area is 172 Å². The smallest absolute Gasteiger partial charge is 0.344 e. The van der Waals surface area contributed by atoms with E-state index in [1.165, 1.54) is 37.6 Å². The molecule has 0 radical (unpaired) electrons. The molecule has 1 amide bonds. The molecule has 0 aliphatic rings. The summed E-state index contributed by atoms with van der Waals surface area (Å²) >= 11 is 1.52. The van der Waals surface area contributed by atoms with E-state index in [-0.39, 0.29) is 0 Å². The number of hydrogen-bond donors (Lipinski definition) is 0. The second-order valence-corrected chi connectivity index (χ2v) is 10.4. The molecule has 1 heterocycles. The SMILES string of the molecule is CN(CCSc1ccccc1)C(=O)C(C)(C)S(=O)(=O)c1ccc(C(F)(F)F)cn1. The minimum Gasteiger partial charge on any atom is -0.344 e. The fraction of sp³-hybridized carbons (Fsp3) is 0.368. The number of alkyl halides is 3. The summed E-state index contributed by atoms with van der Waals surface area (Å²) in [5.41, 5.74) is -1.06. The van der Waals surface area contributed by atoms with Crippen molar-refractivity contribution in [3.63, 3.8) is 0 Å². The second-order valence-electron chi connectivity index (χ2n) is 6.78. The maximum atomic E-state index is 12.9. The van der Waals surface area contributed by atoms with Crippen molar-refractivity contribution in [1.82, 2.24) is 9.88 Å². The summed E-state index contributed by atoms with van der Waals surface area (Å²) in [7, 11) is -2.81. The van der Waals surface area contributed by atoms with Crippen LogP contribution in [0.2, 0.25) is 0 Å². The predicted octanol–water partition coefficient (Wildman–Crippen LogP) is 3.90. The molecular formula is C19H21F3N2O3S2. The largest absolute Gasteiger partial charge is 0.417 e. The molecule has 158 valence electrons. The number of thioether (sulfide) groups is 1. The van der Waals surface area contributed by atoms with Crippen molar-refractivity contribution in [2.24, 2.45) is 0 Å². The van der Waals surface area contributed by atoms with Crippen LogP contribution >= 0.6 is 11.8 Å². The Morgan fingerprint density at radius 3 is 2.24 bits per heavy atom. The summed E-state index contributed by atoms with van der Waals surface area (Å²) in [4.78, 5) is 18.6. The number of amides is 1. The van der Waals surface area contributed by atoms with Crippen molar-refractivity contribution in [2.75, 3.05) is 19.3 Å². The van der Waals surface area contributed by atoms with E-state index < -0.39 is 37.3 Å². The van der Waals surface area contributed by atoms with Crippen LogP contribution in [0.1, 0.15) is 19.4 Å². The number of carbonyl (C=O) groups excluding carboxylic acids is 1. The van der Waals surface area contributed by atoms with Gasteiger partial charge in [-0.2, -0.15) is 13.2 Å². The number of aromatic nitrogens is 1. The molecule has 29 heavy (non-hydrogen) atoms. The highest BCUT2D eigenvalue weighted by Crippen LogP contribution is 2.31. The number of sulfone groups is 1. The molecule has 0 unspecified atom stereocenters. The van der Waals surface area contributed by atoms with Crippen molar-refractivity contribution in [3.05, 3.63) is 54.2 Å². The highest BCUT2D eigenvalue weighted by atomic mass is 32.2. The zero-order valence-electron chi connectivity index (χ0n) is 16.1. The van der Waals surface area contributed by atoms with Gasteiger partial charge in [-0.3, -0.25) is 4.79 Å². The molecule has 2 aromatic rings. The molecule has 0 spiro atoms. The Hall–Kier alpha value is -2.07. The molecule has 5 nitrogen and oxygen atoms in total. The Kier molecular flexibility index (Phi) is 7.00. The lowest BCUT2D eigenvalue weighted by Gasteiger charge is -2.28. The molecule has 10 heteroatoms. The fourth-order valence-electron chi connectivity index (χ4n) is 2.46. The molecule has 0 bridgehead atoms. The maximum absolute atomic E-state index is 12.9. The van der Waals surface area contributed by atoms with Gasteiger partial charge in [-0.25, -0.2) is 13.4 Å². The summed E-state index contributed by atoms with van der Waals surface area (Å²) in [6.07, 6.45) is -4.18. The van der Waals surface area contributed by atoms with Crippen molar-refractivity contribution in [3.8, 4) is 0 Å². The summed E-state index contributed by atoms with van der Waals surface area (Å²) in [6, 6.07) is 10.9. The van der Waals surface area contributed by atoms with Gasteiger partial charge in [0.1, 0.15) is 0 Å². The molecule has 0 atom stereocenters. The summed E-state index contributed by atoms with van der Waals surface area (Å²) < 4.78 is 61.9. The van der Waals surface area contributed by atoms with Crippen LogP contribution in [-0.4, -0.2) is 48.3 Å². The quantitative estimate of drug-likeness (QED) is 0.604. The number of benzene rings is 1. The number of rotatable bonds is 7. The maximum Gasteiger partial charge on any atom is 0.417 e. The molecule has 0 saturated carbocycles. The summed E-state index contributed by atoms with van der Waals surface area (Å²) in [5, 5.41) is -0.573. The van der Waals surface area contributed by atoms with Gasteiger partial charge in [-0.05, 0) is 38.1 Å². The first kappa shape index (κ1) is 23.2. The third kappa shape index (κ3) is 5.30. The molecule has 2 rings (SSSR count). The Morgan fingerprint density at radius 1 is 1.10 bits per heavy atom. The van der Waals surface area contributed by atoms with Gasteiger partial charge in [0.15, 0.2) is 9.77 Å². The molecule has 1 aromatic heterocycles. The molecule has 0 N–H and O–H groups in total. The molecular weight excluding hydrogens is 425 g/mol. The first-order valence-corrected chi connectivity index (χ1v) is 11.1. The Morgan fingerprint density at radius 2 is 1.72 bits per heavy atom. The van der Waals surface area contributed by atoms with Gasteiger partial charge in [-0.15, -0.1) is 11.8 Å². The van der Waals surface area contributed by atoms with Crippen LogP contribution in [-0.2, 0) is 20.8 Å². The lowest BCUT2D eigenvalue weighted by Crippen LogP contribution is -2.49. The highest BCUT2D eigenvalue weighted by Gasteiger charge is 2.45. The van der Waals surface area contributed by atoms with Crippen LogP contribution in [0.4, 0.5) is 13.2 Å². The molecule has 0 aliphatic heterocycles. The lowest BCUT2D eigenvalue weighted by molar-refractivity contribution is -0.138. The van der Waals surface area contributed by atoms with Crippen LogP contribution in [0, 0.1) is 0 Å². The second kappa shape index (κ2) is 8.74. The molecule has 0 fully saturated rings. The van der Waals surface area contributed by atoms with E-state index in [1.54, 1.807) is 0 Å². The van der Waals surface area contributed by atoms with Gasteiger partial charge >= 0.3 is 6.18 Å². The average Bonchev–Trinajstić information content (AvgIpc) is 2.67. The van der Waals surface area contributed by atoms with E-state index in [2.05, 4.69) is 4.98 Å².